The second-order valence-electron chi connectivity index (χ2n) is 7.08. The summed E-state index contributed by atoms with van der Waals surface area (Å²) in [6.45, 7) is 9.41. The van der Waals surface area contributed by atoms with Crippen molar-refractivity contribution in [1.29, 1.82) is 0 Å². The highest BCUT2D eigenvalue weighted by atomic mass is 14.7. The highest BCUT2D eigenvalue weighted by Crippen LogP contribution is 2.45. The van der Waals surface area contributed by atoms with Crippen molar-refractivity contribution in [1.82, 2.24) is 4.98 Å². The molecule has 2 aromatic rings. The van der Waals surface area contributed by atoms with Gasteiger partial charge in [0.1, 0.15) is 0 Å². The second kappa shape index (κ2) is 3.57. The molecule has 0 bridgehead atoms. The van der Waals surface area contributed by atoms with Gasteiger partial charge in [-0.25, -0.2) is 0 Å². The van der Waals surface area contributed by atoms with Crippen LogP contribution in [0.2, 0.25) is 0 Å². The molecule has 0 amide bonds. The van der Waals surface area contributed by atoms with E-state index >= 15 is 0 Å². The largest absolute Gasteiger partial charge is 0.253 e. The van der Waals surface area contributed by atoms with Crippen LogP contribution >= 0.6 is 0 Å². The highest BCUT2D eigenvalue weighted by molar-refractivity contribution is 5.79. The topological polar surface area (TPSA) is 12.9 Å². The fraction of sp³-hybridized carbons (Fsp3) is 0.471. The number of pyridine rings is 1. The van der Waals surface area contributed by atoms with Crippen LogP contribution in [0.25, 0.3) is 10.9 Å². The summed E-state index contributed by atoms with van der Waals surface area (Å²) in [4.78, 5) is 4.91. The molecule has 0 N–H and O–H groups in total. The summed E-state index contributed by atoms with van der Waals surface area (Å²) in [5.74, 6) is 0. The van der Waals surface area contributed by atoms with Crippen LogP contribution in [0.1, 0.15) is 45.4 Å². The molecule has 0 saturated carbocycles. The predicted octanol–water partition coefficient (Wildman–Crippen LogP) is 4.48. The average Bonchev–Trinajstić information content (AvgIpc) is 2.24. The summed E-state index contributed by atoms with van der Waals surface area (Å²) in [5, 5.41) is 1.27. The molecule has 1 nitrogen and oxygen atoms in total. The molecule has 1 aromatic carbocycles. The van der Waals surface area contributed by atoms with E-state index in [-0.39, 0.29) is 5.41 Å². The van der Waals surface area contributed by atoms with Gasteiger partial charge in [0.25, 0.3) is 0 Å². The second-order valence-corrected chi connectivity index (χ2v) is 7.08. The number of hydrogen-bond donors (Lipinski definition) is 0. The van der Waals surface area contributed by atoms with Gasteiger partial charge in [0.2, 0.25) is 0 Å². The van der Waals surface area contributed by atoms with Gasteiger partial charge in [-0.15, -0.1) is 0 Å². The van der Waals surface area contributed by atoms with Crippen LogP contribution in [0.3, 0.4) is 0 Å². The van der Waals surface area contributed by atoms with Crippen LogP contribution in [-0.2, 0) is 11.8 Å². The number of benzene rings is 1. The molecule has 0 atom stereocenters. The van der Waals surface area contributed by atoms with E-state index in [9.17, 15) is 0 Å². The van der Waals surface area contributed by atoms with Crippen molar-refractivity contribution >= 4 is 10.9 Å². The third kappa shape index (κ3) is 1.82. The summed E-state index contributed by atoms with van der Waals surface area (Å²) in [6.07, 6.45) is 2.32. The van der Waals surface area contributed by atoms with Gasteiger partial charge in [0, 0.05) is 11.1 Å². The zero-order valence-electron chi connectivity index (χ0n) is 11.7. The molecular weight excluding hydrogens is 218 g/mol. The number of nitrogens with zero attached hydrogens (tertiary/aromatic N) is 1. The lowest BCUT2D eigenvalue weighted by atomic mass is 9.64. The SMILES string of the molecule is CC1(C)Cc2nc3ccccc3cc2C(C)(C)C1. The first kappa shape index (κ1) is 11.7. The van der Waals surface area contributed by atoms with Gasteiger partial charge in [-0.1, -0.05) is 45.9 Å². The number of para-hydroxylation sites is 1. The van der Waals surface area contributed by atoms with Gasteiger partial charge < -0.3 is 0 Å². The van der Waals surface area contributed by atoms with Gasteiger partial charge >= 0.3 is 0 Å². The van der Waals surface area contributed by atoms with Crippen LogP contribution in [0, 0.1) is 5.41 Å². The van der Waals surface area contributed by atoms with Crippen LogP contribution in [0.5, 0.6) is 0 Å². The molecule has 0 radical (unpaired) electrons. The van der Waals surface area contributed by atoms with Crippen molar-refractivity contribution in [3.63, 3.8) is 0 Å². The van der Waals surface area contributed by atoms with Gasteiger partial charge in [0.15, 0.2) is 0 Å². The van der Waals surface area contributed by atoms with Crippen LogP contribution in [-0.4, -0.2) is 4.98 Å². The van der Waals surface area contributed by atoms with E-state index in [1.165, 1.54) is 23.1 Å². The standard InChI is InChI=1S/C17H21N/c1-16(2)10-15-13(17(3,4)11-16)9-12-7-5-6-8-14(12)18-15/h5-9H,10-11H2,1-4H3. The molecule has 18 heavy (non-hydrogen) atoms. The van der Waals surface area contributed by atoms with Crippen LogP contribution in [0.4, 0.5) is 0 Å². The van der Waals surface area contributed by atoms with Crippen molar-refractivity contribution in [3.05, 3.63) is 41.6 Å². The Kier molecular flexibility index (Phi) is 2.32. The van der Waals surface area contributed by atoms with Gasteiger partial charge in [-0.2, -0.15) is 0 Å². The Morgan fingerprint density at radius 3 is 2.56 bits per heavy atom. The molecule has 1 heterocycles. The minimum Gasteiger partial charge on any atom is -0.253 e. The first-order valence-corrected chi connectivity index (χ1v) is 6.77. The van der Waals surface area contributed by atoms with E-state index in [1.54, 1.807) is 0 Å². The molecule has 0 unspecified atom stereocenters. The molecule has 1 aliphatic carbocycles. The highest BCUT2D eigenvalue weighted by Gasteiger charge is 2.38. The van der Waals surface area contributed by atoms with Gasteiger partial charge in [-0.05, 0) is 41.4 Å². The van der Waals surface area contributed by atoms with Crippen molar-refractivity contribution in [2.45, 2.75) is 46.0 Å². The van der Waals surface area contributed by atoms with Crippen molar-refractivity contribution in [3.8, 4) is 0 Å². The first-order valence-electron chi connectivity index (χ1n) is 6.77. The van der Waals surface area contributed by atoms with E-state index in [2.05, 4.69) is 58.0 Å². The molecule has 0 spiro atoms. The summed E-state index contributed by atoms with van der Waals surface area (Å²) >= 11 is 0. The molecule has 1 heteroatoms. The smallest absolute Gasteiger partial charge is 0.0705 e. The zero-order chi connectivity index (χ0) is 13.0. The molecule has 0 fully saturated rings. The maximum atomic E-state index is 4.91. The maximum absolute atomic E-state index is 4.91. The molecule has 1 aromatic heterocycles. The third-order valence-corrected chi connectivity index (χ3v) is 4.10. The van der Waals surface area contributed by atoms with Gasteiger partial charge in [0.05, 0.1) is 5.52 Å². The quantitative estimate of drug-likeness (QED) is 0.660. The molecule has 94 valence electrons. The van der Waals surface area contributed by atoms with Gasteiger partial charge in [-0.3, -0.25) is 4.98 Å². The molecule has 0 saturated heterocycles. The lowest BCUT2D eigenvalue weighted by molar-refractivity contribution is 0.228. The average molecular weight is 239 g/mol. The lowest BCUT2D eigenvalue weighted by Gasteiger charge is -2.41. The van der Waals surface area contributed by atoms with E-state index in [0.717, 1.165) is 11.9 Å². The Labute approximate surface area is 109 Å². The molecule has 3 rings (SSSR count). The first-order chi connectivity index (χ1) is 8.37. The minimum absolute atomic E-state index is 0.230. The normalized spacial score (nSPS) is 20.7. The predicted molar refractivity (Wildman–Crippen MR) is 76.9 cm³/mol. The summed E-state index contributed by atoms with van der Waals surface area (Å²) in [7, 11) is 0. The van der Waals surface area contributed by atoms with Crippen molar-refractivity contribution in [2.24, 2.45) is 5.41 Å². The fourth-order valence-corrected chi connectivity index (χ4v) is 3.68. The van der Waals surface area contributed by atoms with Crippen LogP contribution in [0.15, 0.2) is 30.3 Å². The summed E-state index contributed by atoms with van der Waals surface area (Å²) < 4.78 is 0. The van der Waals surface area contributed by atoms with E-state index in [1.807, 2.05) is 0 Å². The summed E-state index contributed by atoms with van der Waals surface area (Å²) in [6, 6.07) is 10.8. The van der Waals surface area contributed by atoms with Crippen molar-refractivity contribution in [2.75, 3.05) is 0 Å². The van der Waals surface area contributed by atoms with Crippen LogP contribution < -0.4 is 0 Å². The fourth-order valence-electron chi connectivity index (χ4n) is 3.68. The lowest BCUT2D eigenvalue weighted by Crippen LogP contribution is -2.35. The Hall–Kier alpha value is -1.37. The monoisotopic (exact) mass is 239 g/mol. The number of rotatable bonds is 0. The molecule has 1 aliphatic rings. The Morgan fingerprint density at radius 1 is 1.06 bits per heavy atom. The Morgan fingerprint density at radius 2 is 1.78 bits per heavy atom. The maximum Gasteiger partial charge on any atom is 0.0705 e. The summed E-state index contributed by atoms with van der Waals surface area (Å²) in [5.41, 5.74) is 4.46. The van der Waals surface area contributed by atoms with E-state index in [0.29, 0.717) is 5.41 Å². The minimum atomic E-state index is 0.230. The zero-order valence-corrected chi connectivity index (χ0v) is 11.7. The number of aromatic nitrogens is 1. The molecule has 0 aliphatic heterocycles. The molecular formula is C17H21N. The number of hydrogen-bond acceptors (Lipinski definition) is 1. The number of fused-ring (bicyclic) bond motifs is 2. The third-order valence-electron chi connectivity index (χ3n) is 4.10. The van der Waals surface area contributed by atoms with E-state index < -0.39 is 0 Å². The van der Waals surface area contributed by atoms with Crippen molar-refractivity contribution < 1.29 is 0 Å². The van der Waals surface area contributed by atoms with E-state index in [4.69, 9.17) is 4.98 Å². The Bertz CT molecular complexity index is 608. The Balaban J connectivity index is 2.27.